The first-order valence-corrected chi connectivity index (χ1v) is 8.99. The van der Waals surface area contributed by atoms with Gasteiger partial charge in [0.2, 0.25) is 5.91 Å². The Morgan fingerprint density at radius 3 is 2.71 bits per heavy atom. The summed E-state index contributed by atoms with van der Waals surface area (Å²) in [5.74, 6) is 0.495. The third-order valence-corrected chi connectivity index (χ3v) is 5.50. The molecule has 0 N–H and O–H groups in total. The molecule has 2 fully saturated rings. The molecule has 0 unspecified atom stereocenters. The maximum absolute atomic E-state index is 12.8. The fraction of sp³-hybridized carbons (Fsp3) is 0.526. The smallest absolute Gasteiger partial charge is 0.261 e. The van der Waals surface area contributed by atoms with Crippen molar-refractivity contribution in [2.45, 2.75) is 44.6 Å². The van der Waals surface area contributed by atoms with E-state index >= 15 is 0 Å². The van der Waals surface area contributed by atoms with Crippen LogP contribution < -0.4 is 5.56 Å². The minimum absolute atomic E-state index is 0.000709. The lowest BCUT2D eigenvalue weighted by Gasteiger charge is -2.35. The topological polar surface area (TPSA) is 55.2 Å². The molecular weight excluding hydrogens is 302 g/mol. The zero-order valence-corrected chi connectivity index (χ0v) is 13.9. The van der Waals surface area contributed by atoms with Gasteiger partial charge in [0.15, 0.2) is 0 Å². The second-order valence-corrected chi connectivity index (χ2v) is 7.04. The zero-order chi connectivity index (χ0) is 16.5. The SMILES string of the molecule is O=C(C1CCCC1)N1CCC[C@@H](n2cnc3ccccc3c2=O)C1. The number of fused-ring (bicyclic) bond motifs is 1. The van der Waals surface area contributed by atoms with Gasteiger partial charge in [0.05, 0.1) is 23.3 Å². The van der Waals surface area contributed by atoms with Crippen LogP contribution in [0.1, 0.15) is 44.6 Å². The van der Waals surface area contributed by atoms with Crippen molar-refractivity contribution in [2.24, 2.45) is 5.92 Å². The summed E-state index contributed by atoms with van der Waals surface area (Å²) in [6.45, 7) is 1.46. The number of rotatable bonds is 2. The molecule has 24 heavy (non-hydrogen) atoms. The minimum Gasteiger partial charge on any atom is -0.340 e. The number of benzene rings is 1. The van der Waals surface area contributed by atoms with Crippen molar-refractivity contribution in [1.82, 2.24) is 14.5 Å². The molecule has 0 spiro atoms. The van der Waals surface area contributed by atoms with Crippen LogP contribution in [0.5, 0.6) is 0 Å². The monoisotopic (exact) mass is 325 g/mol. The van der Waals surface area contributed by atoms with Gasteiger partial charge >= 0.3 is 0 Å². The first kappa shape index (κ1) is 15.4. The average molecular weight is 325 g/mol. The quantitative estimate of drug-likeness (QED) is 0.853. The largest absolute Gasteiger partial charge is 0.340 e. The van der Waals surface area contributed by atoms with Crippen LogP contribution in [-0.4, -0.2) is 33.4 Å². The molecule has 5 nitrogen and oxygen atoms in total. The molecule has 5 heteroatoms. The van der Waals surface area contributed by atoms with Gasteiger partial charge in [-0.05, 0) is 37.8 Å². The molecule has 1 aromatic heterocycles. The normalized spacial score (nSPS) is 22.2. The number of piperidine rings is 1. The highest BCUT2D eigenvalue weighted by atomic mass is 16.2. The van der Waals surface area contributed by atoms with Crippen LogP contribution in [0.3, 0.4) is 0 Å². The lowest BCUT2D eigenvalue weighted by molar-refractivity contribution is -0.137. The van der Waals surface area contributed by atoms with E-state index in [-0.39, 0.29) is 17.5 Å². The Morgan fingerprint density at radius 1 is 1.08 bits per heavy atom. The van der Waals surface area contributed by atoms with E-state index in [9.17, 15) is 9.59 Å². The van der Waals surface area contributed by atoms with Crippen LogP contribution >= 0.6 is 0 Å². The fourth-order valence-corrected chi connectivity index (χ4v) is 4.16. The summed E-state index contributed by atoms with van der Waals surface area (Å²) in [4.78, 5) is 31.9. The van der Waals surface area contributed by atoms with Crippen LogP contribution in [0, 0.1) is 5.92 Å². The second-order valence-electron chi connectivity index (χ2n) is 7.04. The van der Waals surface area contributed by atoms with E-state index in [0.717, 1.165) is 37.7 Å². The Hall–Kier alpha value is -2.17. The molecule has 1 saturated heterocycles. The summed E-state index contributed by atoms with van der Waals surface area (Å²) < 4.78 is 1.73. The Balaban J connectivity index is 1.59. The molecule has 1 atom stereocenters. The van der Waals surface area contributed by atoms with E-state index in [2.05, 4.69) is 4.98 Å². The summed E-state index contributed by atoms with van der Waals surface area (Å²) in [5, 5.41) is 0.652. The molecular formula is C19H23N3O2. The summed E-state index contributed by atoms with van der Waals surface area (Å²) in [7, 11) is 0. The maximum atomic E-state index is 12.8. The fourth-order valence-electron chi connectivity index (χ4n) is 4.16. The number of para-hydroxylation sites is 1. The van der Waals surface area contributed by atoms with Crippen molar-refractivity contribution in [1.29, 1.82) is 0 Å². The van der Waals surface area contributed by atoms with Crippen molar-refractivity contribution < 1.29 is 4.79 Å². The summed E-state index contributed by atoms with van der Waals surface area (Å²) >= 11 is 0. The molecule has 1 amide bonds. The van der Waals surface area contributed by atoms with E-state index in [4.69, 9.17) is 0 Å². The molecule has 1 aromatic carbocycles. The summed E-state index contributed by atoms with van der Waals surface area (Å²) in [6, 6.07) is 7.48. The lowest BCUT2D eigenvalue weighted by atomic mass is 10.0. The number of aromatic nitrogens is 2. The molecule has 2 heterocycles. The van der Waals surface area contributed by atoms with Crippen molar-refractivity contribution in [3.63, 3.8) is 0 Å². The van der Waals surface area contributed by atoms with Gasteiger partial charge in [-0.25, -0.2) is 4.98 Å². The van der Waals surface area contributed by atoms with Crippen LogP contribution in [-0.2, 0) is 4.79 Å². The van der Waals surface area contributed by atoms with Crippen LogP contribution in [0.4, 0.5) is 0 Å². The van der Waals surface area contributed by atoms with Gasteiger partial charge < -0.3 is 4.90 Å². The number of nitrogens with zero attached hydrogens (tertiary/aromatic N) is 3. The van der Waals surface area contributed by atoms with Crippen LogP contribution in [0.15, 0.2) is 35.4 Å². The van der Waals surface area contributed by atoms with E-state index in [1.54, 1.807) is 10.9 Å². The third kappa shape index (κ3) is 2.72. The van der Waals surface area contributed by atoms with Gasteiger partial charge in [-0.15, -0.1) is 0 Å². The van der Waals surface area contributed by atoms with Gasteiger partial charge in [0.25, 0.3) is 5.56 Å². The molecule has 0 bridgehead atoms. The summed E-state index contributed by atoms with van der Waals surface area (Å²) in [6.07, 6.45) is 7.91. The molecule has 1 aliphatic carbocycles. The number of carbonyl (C=O) groups excluding carboxylic acids is 1. The van der Waals surface area contributed by atoms with Gasteiger partial charge in [-0.1, -0.05) is 25.0 Å². The highest BCUT2D eigenvalue weighted by molar-refractivity contribution is 5.79. The van der Waals surface area contributed by atoms with Crippen molar-refractivity contribution in [3.05, 3.63) is 40.9 Å². The first-order valence-electron chi connectivity index (χ1n) is 8.99. The number of hydrogen-bond acceptors (Lipinski definition) is 3. The van der Waals surface area contributed by atoms with Gasteiger partial charge in [-0.2, -0.15) is 0 Å². The number of likely N-dealkylation sites (tertiary alicyclic amines) is 1. The Morgan fingerprint density at radius 2 is 1.88 bits per heavy atom. The van der Waals surface area contributed by atoms with E-state index in [0.29, 0.717) is 17.8 Å². The van der Waals surface area contributed by atoms with Crippen LogP contribution in [0.2, 0.25) is 0 Å². The Kier molecular flexibility index (Phi) is 4.08. The molecule has 0 radical (unpaired) electrons. The highest BCUT2D eigenvalue weighted by Crippen LogP contribution is 2.29. The molecule has 4 rings (SSSR count). The van der Waals surface area contributed by atoms with E-state index < -0.39 is 0 Å². The first-order chi connectivity index (χ1) is 11.7. The van der Waals surface area contributed by atoms with E-state index in [1.807, 2.05) is 29.2 Å². The predicted molar refractivity (Wildman–Crippen MR) is 92.8 cm³/mol. The van der Waals surface area contributed by atoms with Crippen LogP contribution in [0.25, 0.3) is 10.9 Å². The van der Waals surface area contributed by atoms with Gasteiger partial charge in [0.1, 0.15) is 0 Å². The van der Waals surface area contributed by atoms with Gasteiger partial charge in [0, 0.05) is 19.0 Å². The number of carbonyl (C=O) groups is 1. The van der Waals surface area contributed by atoms with Gasteiger partial charge in [-0.3, -0.25) is 14.2 Å². The Bertz CT molecular complexity index is 808. The summed E-state index contributed by atoms with van der Waals surface area (Å²) in [5.41, 5.74) is 0.731. The molecule has 1 saturated carbocycles. The zero-order valence-electron chi connectivity index (χ0n) is 13.9. The Labute approximate surface area is 141 Å². The highest BCUT2D eigenvalue weighted by Gasteiger charge is 2.31. The molecule has 126 valence electrons. The van der Waals surface area contributed by atoms with Crippen molar-refractivity contribution >= 4 is 16.8 Å². The van der Waals surface area contributed by atoms with Crippen molar-refractivity contribution in [3.8, 4) is 0 Å². The number of amides is 1. The van der Waals surface area contributed by atoms with Crippen molar-refractivity contribution in [2.75, 3.05) is 13.1 Å². The molecule has 2 aromatic rings. The number of hydrogen-bond donors (Lipinski definition) is 0. The molecule has 1 aliphatic heterocycles. The molecule has 2 aliphatic rings. The minimum atomic E-state index is 0.000709. The maximum Gasteiger partial charge on any atom is 0.261 e. The second kappa shape index (κ2) is 6.38. The predicted octanol–water partition coefficient (Wildman–Crippen LogP) is 2.75. The average Bonchev–Trinajstić information content (AvgIpc) is 3.16. The lowest BCUT2D eigenvalue weighted by Crippen LogP contribution is -2.44. The standard InChI is InChI=1S/C19H23N3O2/c23-18(14-6-1-2-7-14)21-11-5-8-15(12-21)22-13-20-17-10-4-3-9-16(17)19(22)24/h3-4,9-10,13-15H,1-2,5-8,11-12H2/t15-/m1/s1. The third-order valence-electron chi connectivity index (χ3n) is 5.50. The van der Waals surface area contributed by atoms with E-state index in [1.165, 1.54) is 12.8 Å².